The lowest BCUT2D eigenvalue weighted by Gasteiger charge is -2.26. The summed E-state index contributed by atoms with van der Waals surface area (Å²) in [4.78, 5) is 36.2. The van der Waals surface area contributed by atoms with Gasteiger partial charge in [0.2, 0.25) is 5.91 Å². The Labute approximate surface area is 189 Å². The van der Waals surface area contributed by atoms with E-state index in [-0.39, 0.29) is 30.3 Å². The van der Waals surface area contributed by atoms with Crippen LogP contribution in [0.25, 0.3) is 0 Å². The van der Waals surface area contributed by atoms with E-state index >= 15 is 0 Å². The molecule has 0 aromatic heterocycles. The first-order valence-electron chi connectivity index (χ1n) is 9.77. The zero-order valence-electron chi connectivity index (χ0n) is 17.9. The molecule has 2 N–H and O–H groups in total. The molecular weight excluding hydrogens is 453 g/mol. The molecule has 0 saturated carbocycles. The maximum absolute atomic E-state index is 13.3. The maximum atomic E-state index is 13.3. The van der Waals surface area contributed by atoms with E-state index in [9.17, 15) is 27.6 Å². The number of hydrogen-bond donors (Lipinski definition) is 2. The van der Waals surface area contributed by atoms with Crippen molar-refractivity contribution in [1.82, 2.24) is 5.32 Å². The molecule has 1 aromatic rings. The van der Waals surface area contributed by atoms with Gasteiger partial charge in [0.25, 0.3) is 0 Å². The van der Waals surface area contributed by atoms with E-state index in [0.717, 1.165) is 6.92 Å². The van der Waals surface area contributed by atoms with Crippen LogP contribution in [0.2, 0.25) is 5.02 Å². The zero-order valence-corrected chi connectivity index (χ0v) is 18.7. The molecule has 0 spiro atoms. The van der Waals surface area contributed by atoms with Gasteiger partial charge in [-0.15, -0.1) is 0 Å². The number of alkyl halides is 3. The van der Waals surface area contributed by atoms with Gasteiger partial charge < -0.3 is 20.1 Å². The molecule has 1 rings (SSSR count). The van der Waals surface area contributed by atoms with Crippen molar-refractivity contribution in [2.45, 2.75) is 39.4 Å². The average molecular weight is 479 g/mol. The molecule has 7 nitrogen and oxygen atoms in total. The normalized spacial score (nSPS) is 14.0. The summed E-state index contributed by atoms with van der Waals surface area (Å²) in [5.41, 5.74) is 0.634. The van der Waals surface area contributed by atoms with Gasteiger partial charge in [-0.1, -0.05) is 44.2 Å². The fourth-order valence-electron chi connectivity index (χ4n) is 2.64. The molecule has 0 aliphatic carbocycles. The summed E-state index contributed by atoms with van der Waals surface area (Å²) >= 11 is 6.09. The van der Waals surface area contributed by atoms with Crippen LogP contribution in [0.4, 0.5) is 23.7 Å². The predicted molar refractivity (Wildman–Crippen MR) is 113 cm³/mol. The van der Waals surface area contributed by atoms with Crippen LogP contribution in [0.3, 0.4) is 0 Å². The molecule has 1 unspecified atom stereocenters. The molecule has 32 heavy (non-hydrogen) atoms. The number of esters is 1. The lowest BCUT2D eigenvalue weighted by Crippen LogP contribution is -2.52. The number of benzene rings is 1. The summed E-state index contributed by atoms with van der Waals surface area (Å²) in [6.45, 7) is 7.41. The molecule has 0 aliphatic rings. The average Bonchev–Trinajstić information content (AvgIpc) is 2.71. The van der Waals surface area contributed by atoms with Crippen molar-refractivity contribution < 1.29 is 37.0 Å². The van der Waals surface area contributed by atoms with E-state index in [1.54, 1.807) is 19.9 Å². The summed E-state index contributed by atoms with van der Waals surface area (Å²) in [6.07, 6.45) is -4.49. The van der Waals surface area contributed by atoms with Gasteiger partial charge in [0.1, 0.15) is 12.6 Å². The zero-order chi connectivity index (χ0) is 24.5. The highest BCUT2D eigenvalue weighted by Gasteiger charge is 2.45. The lowest BCUT2D eigenvalue weighted by molar-refractivity contribution is -0.178. The van der Waals surface area contributed by atoms with E-state index < -0.39 is 42.0 Å². The fraction of sp³-hybridized carbons (Fsp3) is 0.476. The minimum absolute atomic E-state index is 0.0332. The van der Waals surface area contributed by atoms with Crippen molar-refractivity contribution in [2.75, 3.05) is 18.5 Å². The van der Waals surface area contributed by atoms with E-state index in [1.807, 2.05) is 5.32 Å². The van der Waals surface area contributed by atoms with Crippen molar-refractivity contribution in [2.24, 2.45) is 11.8 Å². The first kappa shape index (κ1) is 27.3. The van der Waals surface area contributed by atoms with Crippen molar-refractivity contribution in [3.05, 3.63) is 41.4 Å². The highest BCUT2D eigenvalue weighted by molar-refractivity contribution is 6.33. The first-order chi connectivity index (χ1) is 14.9. The second kappa shape index (κ2) is 12.3. The Kier molecular flexibility index (Phi) is 10.5. The SMILES string of the molecule is C=CCOC(=O)N[C@H](C(=O)Nc1cc(C[C@H](C)C(=O)OCC)ccc1Cl)C(C)C(F)(F)F. The standard InChI is InChI=1S/C21H26ClF3N2O5/c1-5-9-32-20(30)27-17(13(4)21(23,24)25)18(28)26-16-11-14(7-8-15(16)22)10-12(3)19(29)31-6-2/h5,7-8,11-13,17H,1,6,9-10H2,2-4H3,(H,26,28)(H,27,30)/t12-,13?,17-/m0/s1. The van der Waals surface area contributed by atoms with Gasteiger partial charge in [0.05, 0.1) is 29.2 Å². The van der Waals surface area contributed by atoms with Gasteiger partial charge in [-0.2, -0.15) is 13.2 Å². The van der Waals surface area contributed by atoms with Crippen LogP contribution < -0.4 is 10.6 Å². The first-order valence-corrected chi connectivity index (χ1v) is 10.1. The van der Waals surface area contributed by atoms with E-state index in [1.165, 1.54) is 18.2 Å². The number of carbonyl (C=O) groups excluding carboxylic acids is 3. The number of anilines is 1. The Balaban J connectivity index is 3.06. The Morgan fingerprint density at radius 1 is 1.22 bits per heavy atom. The number of hydrogen-bond acceptors (Lipinski definition) is 5. The van der Waals surface area contributed by atoms with Crippen molar-refractivity contribution in [3.63, 3.8) is 0 Å². The van der Waals surface area contributed by atoms with Gasteiger partial charge in [-0.25, -0.2) is 4.79 Å². The van der Waals surface area contributed by atoms with Crippen LogP contribution in [-0.2, 0) is 25.5 Å². The second-order valence-corrected chi connectivity index (χ2v) is 7.41. The molecule has 0 bridgehead atoms. The Bertz CT molecular complexity index is 832. The molecule has 0 fully saturated rings. The molecule has 178 valence electrons. The third-order valence-electron chi connectivity index (χ3n) is 4.42. The Hall–Kier alpha value is -2.75. The number of ether oxygens (including phenoxy) is 2. The molecule has 3 atom stereocenters. The summed E-state index contributed by atoms with van der Waals surface area (Å²) in [5, 5.41) is 4.31. The predicted octanol–water partition coefficient (Wildman–Crippen LogP) is 4.50. The summed E-state index contributed by atoms with van der Waals surface area (Å²) in [6, 6.07) is 2.53. The third kappa shape index (κ3) is 8.41. The maximum Gasteiger partial charge on any atom is 0.408 e. The van der Waals surface area contributed by atoms with Gasteiger partial charge in [-0.3, -0.25) is 9.59 Å². The van der Waals surface area contributed by atoms with Gasteiger partial charge in [-0.05, 0) is 31.0 Å². The third-order valence-corrected chi connectivity index (χ3v) is 4.75. The molecule has 0 aliphatic heterocycles. The van der Waals surface area contributed by atoms with Crippen LogP contribution in [-0.4, -0.2) is 43.4 Å². The number of alkyl carbamates (subject to hydrolysis) is 1. The molecule has 2 amide bonds. The second-order valence-electron chi connectivity index (χ2n) is 7.00. The van der Waals surface area contributed by atoms with Gasteiger partial charge in [0.15, 0.2) is 0 Å². The van der Waals surface area contributed by atoms with Gasteiger partial charge >= 0.3 is 18.2 Å². The monoisotopic (exact) mass is 478 g/mol. The minimum Gasteiger partial charge on any atom is -0.466 e. The molecule has 11 heteroatoms. The van der Waals surface area contributed by atoms with Crippen molar-refractivity contribution >= 4 is 35.3 Å². The summed E-state index contributed by atoms with van der Waals surface area (Å²) in [7, 11) is 0. The van der Waals surface area contributed by atoms with Crippen LogP contribution in [0, 0.1) is 11.8 Å². The van der Waals surface area contributed by atoms with Crippen molar-refractivity contribution in [1.29, 1.82) is 0 Å². The Morgan fingerprint density at radius 2 is 1.88 bits per heavy atom. The highest BCUT2D eigenvalue weighted by atomic mass is 35.5. The van der Waals surface area contributed by atoms with Crippen molar-refractivity contribution in [3.8, 4) is 0 Å². The fourth-order valence-corrected chi connectivity index (χ4v) is 2.80. The molecular formula is C21H26ClF3N2O5. The molecule has 0 radical (unpaired) electrons. The van der Waals surface area contributed by atoms with E-state index in [2.05, 4.69) is 16.6 Å². The largest absolute Gasteiger partial charge is 0.466 e. The van der Waals surface area contributed by atoms with Gasteiger partial charge in [0, 0.05) is 0 Å². The highest BCUT2D eigenvalue weighted by Crippen LogP contribution is 2.30. The summed E-state index contributed by atoms with van der Waals surface area (Å²) < 4.78 is 49.4. The number of carbonyl (C=O) groups is 3. The van der Waals surface area contributed by atoms with E-state index in [4.69, 9.17) is 16.3 Å². The van der Waals surface area contributed by atoms with Crippen LogP contribution >= 0.6 is 11.6 Å². The van der Waals surface area contributed by atoms with Crippen LogP contribution in [0.5, 0.6) is 0 Å². The minimum atomic E-state index is -4.77. The summed E-state index contributed by atoms with van der Waals surface area (Å²) in [5.74, 6) is -4.25. The quantitative estimate of drug-likeness (QED) is 0.381. The van der Waals surface area contributed by atoms with Crippen LogP contribution in [0.1, 0.15) is 26.3 Å². The number of nitrogens with one attached hydrogen (secondary N) is 2. The molecule has 1 aromatic carbocycles. The lowest BCUT2D eigenvalue weighted by atomic mass is 9.99. The Morgan fingerprint density at radius 3 is 2.44 bits per heavy atom. The molecule has 0 heterocycles. The molecule has 0 saturated heterocycles. The number of amides is 2. The topological polar surface area (TPSA) is 93.7 Å². The van der Waals surface area contributed by atoms with Crippen LogP contribution in [0.15, 0.2) is 30.9 Å². The smallest absolute Gasteiger partial charge is 0.408 e. The number of halogens is 4. The van der Waals surface area contributed by atoms with E-state index in [0.29, 0.717) is 5.56 Å². The number of rotatable bonds is 10.